The number of imidazole rings is 1. The van der Waals surface area contributed by atoms with Crippen molar-refractivity contribution < 1.29 is 113 Å². The molecule has 2 aliphatic heterocycles. The van der Waals surface area contributed by atoms with Crippen molar-refractivity contribution in [3.8, 4) is 0 Å². The van der Waals surface area contributed by atoms with E-state index in [1.165, 1.54) is 37.3 Å². The lowest BCUT2D eigenvalue weighted by Crippen LogP contribution is -2.64. The van der Waals surface area contributed by atoms with Crippen LogP contribution in [0, 0.1) is 0 Å². The van der Waals surface area contributed by atoms with Crippen molar-refractivity contribution in [1.82, 2.24) is 73.4 Å². The largest absolute Gasteiger partial charge is 0.480 e. The van der Waals surface area contributed by atoms with Crippen molar-refractivity contribution >= 4 is 111 Å². The first-order valence-corrected chi connectivity index (χ1v) is 35.1. The Bertz CT molecular complexity index is 4040. The molecule has 0 saturated carbocycles. The number of carboxylic acids is 1. The summed E-state index contributed by atoms with van der Waals surface area (Å²) in [5, 5.41) is 115. The number of nitrogens with zero attached hydrogens (tertiary/aromatic N) is 2. The van der Waals surface area contributed by atoms with Crippen LogP contribution in [-0.2, 0) is 91.3 Å². The van der Waals surface area contributed by atoms with Crippen molar-refractivity contribution in [1.29, 1.82) is 0 Å². The second-order valence-electron chi connectivity index (χ2n) is 26.1. The third-order valence-corrected chi connectivity index (χ3v) is 17.9. The average Bonchev–Trinajstić information content (AvgIpc) is 0.883. The molecule has 6 rings (SSSR count). The minimum Gasteiger partial charge on any atom is -0.480 e. The monoisotopic (exact) mass is 1600 g/mol. The van der Waals surface area contributed by atoms with Crippen LogP contribution in [0.15, 0.2) is 120 Å². The molecule has 110 heavy (non-hydrogen) atoms. The van der Waals surface area contributed by atoms with Crippen LogP contribution in [0.4, 0.5) is 0 Å². The fourth-order valence-corrected chi connectivity index (χ4v) is 11.6. The predicted molar refractivity (Wildman–Crippen MR) is 386 cm³/mol. The van der Waals surface area contributed by atoms with Crippen LogP contribution >= 0.6 is 15.9 Å². The first kappa shape index (κ1) is 87.5. The number of rotatable bonds is 16. The Kier molecular flexibility index (Phi) is 33.3. The van der Waals surface area contributed by atoms with Gasteiger partial charge in [0.1, 0.15) is 66.5 Å². The highest BCUT2D eigenvalue weighted by Gasteiger charge is 2.42. The SMILES string of the molecule is CC(/C=C/c1ccccc1)=C\[C@H](O)[C@H]1CC(=O)N[C@@H](CO)C(=O)N[C@@H]2Cn3cnc(c3)C[C@H](NC(=O)C[C@H](O)C[C@@H](C(=O)O)NC(=O)[C@@H](O)CNC(=O)[C@@H]([C@@H](C)c3ccc(Br)cc3)NC(=O)[C@@H]([C@@H](O)C(N)=O)NC(=O)[C@H](CC(N)=O)NC2=O)C(=O)N[C@@H]([C@H](C)O)C(=O)N[C@@H](CO)C(=O)N[C@@H](Cc2ccccc2)C(=O)N1. The minimum absolute atomic E-state index is 0.229. The maximum atomic E-state index is 14.9. The summed E-state index contributed by atoms with van der Waals surface area (Å²) in [5.41, 5.74) is 12.6. The summed E-state index contributed by atoms with van der Waals surface area (Å²) in [4.78, 5) is 215. The molecular formula is C70H89BrN16O23. The van der Waals surface area contributed by atoms with E-state index in [9.17, 15) is 113 Å². The number of nitrogens with one attached hydrogen (secondary N) is 12. The van der Waals surface area contributed by atoms with E-state index < -0.39 is 250 Å². The number of β-amino-alcohol motifs (C(OH)–C–C–N with tert-alkyl or cyclic N) is 1. The van der Waals surface area contributed by atoms with E-state index in [1.807, 2.05) is 10.6 Å². The minimum atomic E-state index is -2.71. The summed E-state index contributed by atoms with van der Waals surface area (Å²) in [6.07, 6.45) is -9.55. The summed E-state index contributed by atoms with van der Waals surface area (Å²) >= 11 is 3.28. The van der Waals surface area contributed by atoms with E-state index in [2.05, 4.69) is 74.1 Å². The predicted octanol–water partition coefficient (Wildman–Crippen LogP) is -8.21. The number of aliphatic hydroxyl groups excluding tert-OH is 7. The van der Waals surface area contributed by atoms with Crippen LogP contribution in [0.25, 0.3) is 6.08 Å². The number of carboxylic acid groups (broad SMARTS) is 1. The van der Waals surface area contributed by atoms with E-state index >= 15 is 0 Å². The maximum absolute atomic E-state index is 14.9. The van der Waals surface area contributed by atoms with Gasteiger partial charge in [0, 0.05) is 42.3 Å². The maximum Gasteiger partial charge on any atom is 0.326 e. The Morgan fingerprint density at radius 3 is 1.77 bits per heavy atom. The molecule has 2 aliphatic rings. The molecule has 594 valence electrons. The summed E-state index contributed by atoms with van der Waals surface area (Å²) in [5.74, 6) is -22.3. The molecule has 24 N–H and O–H groups in total. The van der Waals surface area contributed by atoms with Crippen LogP contribution in [0.2, 0.25) is 0 Å². The molecule has 4 bridgehead atoms. The van der Waals surface area contributed by atoms with Gasteiger partial charge in [-0.05, 0) is 42.7 Å². The molecule has 1 aromatic heterocycles. The molecule has 3 heterocycles. The quantitative estimate of drug-likeness (QED) is 0.0463. The Morgan fingerprint density at radius 1 is 0.600 bits per heavy atom. The van der Waals surface area contributed by atoms with Crippen LogP contribution in [0.3, 0.4) is 0 Å². The molecule has 17 atom stereocenters. The zero-order chi connectivity index (χ0) is 81.2. The summed E-state index contributed by atoms with van der Waals surface area (Å²) in [6, 6.07) is 0.335. The van der Waals surface area contributed by atoms with Gasteiger partial charge in [0.05, 0.1) is 75.5 Å². The van der Waals surface area contributed by atoms with Gasteiger partial charge in [-0.25, -0.2) is 9.78 Å². The number of allylic oxidation sites excluding steroid dienone is 2. The van der Waals surface area contributed by atoms with Crippen LogP contribution in [-0.4, -0.2) is 256 Å². The van der Waals surface area contributed by atoms with Crippen LogP contribution < -0.4 is 75.3 Å². The first-order valence-electron chi connectivity index (χ1n) is 34.3. The standard InChI is InChI=1S/C70H89BrN16O23/c1-33(14-15-36-10-6-4-7-11-36)20-50(92)42-26-54(96)77-48(30-88)64(103)82-47-29-87-28-40(75-32-87)22-44(61(100)85-56(35(3)90)68(107)83-49(31-89)65(104)79-43(60(99)78-42)21-37-12-8-5-9-13-37)76-53(95)24-41(91)23-46(70(109)110)81-66(105)51(93)27-74-67(106)55(34(2)38-16-18-39(71)19-17-38)84-69(108)57(58(97)59(73)98)86-62(101)45(25-52(72)94)80-63(47)102/h4-20,28,32,34-35,41-51,55-58,88-93,97H,21-27,29-31H2,1-3H3,(H2,72,94)(H2,73,98)(H,74,106)(H,76,95)(H,77,96)(H,78,99)(H,79,104)(H,80,102)(H,81,105)(H,82,103)(H,83,107)(H,84,108)(H,85,100)(H,86,101)(H,109,110)/b15-14+,33-20+/t34-,35-,41+,42+,43-,44-,45-,46-,47+,48-,49-,50-,51-,55+,56-,57+,58+/m0/s1. The smallest absolute Gasteiger partial charge is 0.326 e. The molecule has 0 unspecified atom stereocenters. The number of primary amides is 2. The van der Waals surface area contributed by atoms with E-state index in [-0.39, 0.29) is 12.1 Å². The van der Waals surface area contributed by atoms with Gasteiger partial charge in [-0.15, -0.1) is 0 Å². The Balaban J connectivity index is 1.51. The summed E-state index contributed by atoms with van der Waals surface area (Å²) in [6.45, 7) is -0.428. The van der Waals surface area contributed by atoms with Gasteiger partial charge in [-0.3, -0.25) is 67.1 Å². The topological polar surface area (TPSA) is 632 Å². The lowest BCUT2D eigenvalue weighted by atomic mass is 9.92. The lowest BCUT2D eigenvalue weighted by Gasteiger charge is -2.30. The number of aromatic nitrogens is 2. The van der Waals surface area contributed by atoms with Crippen molar-refractivity contribution in [2.24, 2.45) is 11.5 Å². The van der Waals surface area contributed by atoms with Gasteiger partial charge < -0.3 is 121 Å². The normalized spacial score (nSPS) is 26.2. The highest BCUT2D eigenvalue weighted by molar-refractivity contribution is 9.10. The number of carbonyl (C=O) groups excluding carboxylic acids is 14. The van der Waals surface area contributed by atoms with E-state index in [0.29, 0.717) is 21.2 Å². The van der Waals surface area contributed by atoms with Gasteiger partial charge in [-0.1, -0.05) is 119 Å². The molecule has 3 aromatic carbocycles. The summed E-state index contributed by atoms with van der Waals surface area (Å²) < 4.78 is 1.58. The zero-order valence-electron chi connectivity index (χ0n) is 59.5. The van der Waals surface area contributed by atoms with Gasteiger partial charge in [0.25, 0.3) is 5.91 Å². The van der Waals surface area contributed by atoms with Gasteiger partial charge in [-0.2, -0.15) is 0 Å². The van der Waals surface area contributed by atoms with Crippen LogP contribution in [0.1, 0.15) is 74.8 Å². The zero-order valence-corrected chi connectivity index (χ0v) is 61.1. The second kappa shape index (κ2) is 41.8. The number of hydrogen-bond donors (Lipinski definition) is 22. The molecular weight excluding hydrogens is 1510 g/mol. The third-order valence-electron chi connectivity index (χ3n) is 17.3. The average molecular weight is 1600 g/mol. The van der Waals surface area contributed by atoms with E-state index in [4.69, 9.17) is 11.5 Å². The van der Waals surface area contributed by atoms with Crippen molar-refractivity contribution in [2.75, 3.05) is 19.8 Å². The number of carbonyl (C=O) groups is 15. The third kappa shape index (κ3) is 26.8. The van der Waals surface area contributed by atoms with Crippen molar-refractivity contribution in [3.05, 3.63) is 142 Å². The van der Waals surface area contributed by atoms with Crippen LogP contribution in [0.5, 0.6) is 0 Å². The molecule has 40 heteroatoms. The fraction of sp³-hybridized carbons (Fsp3) is 0.429. The number of aliphatic hydroxyl groups is 7. The van der Waals surface area contributed by atoms with Crippen molar-refractivity contribution in [3.63, 3.8) is 0 Å². The molecule has 0 fully saturated rings. The Labute approximate surface area is 636 Å². The first-order chi connectivity index (χ1) is 52.0. The molecule has 39 nitrogen and oxygen atoms in total. The Morgan fingerprint density at radius 2 is 1.15 bits per heavy atom. The molecule has 4 aromatic rings. The number of benzene rings is 3. The molecule has 0 radical (unpaired) electrons. The van der Waals surface area contributed by atoms with Gasteiger partial charge in [0.2, 0.25) is 76.8 Å². The lowest BCUT2D eigenvalue weighted by molar-refractivity contribution is -0.144. The van der Waals surface area contributed by atoms with Gasteiger partial charge >= 0.3 is 5.97 Å². The highest BCUT2D eigenvalue weighted by atomic mass is 79.9. The summed E-state index contributed by atoms with van der Waals surface area (Å²) in [7, 11) is 0. The molecule has 0 saturated heterocycles. The number of halogens is 1. The number of amides is 14. The number of fused-ring (bicyclic) bond motifs is 2. The molecule has 0 aliphatic carbocycles. The Hall–Kier alpha value is -11.4. The van der Waals surface area contributed by atoms with Crippen molar-refractivity contribution in [2.45, 2.75) is 169 Å². The van der Waals surface area contributed by atoms with Gasteiger partial charge in [0.15, 0.2) is 6.10 Å². The number of aliphatic carboxylic acids is 1. The molecule has 0 spiro atoms. The molecule has 14 amide bonds. The number of nitrogens with two attached hydrogens (primary N) is 2. The fourth-order valence-electron chi connectivity index (χ4n) is 11.3. The highest BCUT2D eigenvalue weighted by Crippen LogP contribution is 2.23. The second-order valence-corrected chi connectivity index (χ2v) is 27.0. The van der Waals surface area contributed by atoms with E-state index in [0.717, 1.165) is 29.6 Å². The number of hydrogen-bond acceptors (Lipinski definition) is 23. The van der Waals surface area contributed by atoms with E-state index in [1.54, 1.807) is 79.7 Å².